The molecule has 1 heterocycles. The Bertz CT molecular complexity index is 799. The zero-order chi connectivity index (χ0) is 16.6. The Morgan fingerprint density at radius 1 is 0.913 bits per heavy atom. The predicted octanol–water partition coefficient (Wildman–Crippen LogP) is -0.423. The number of benzene rings is 2. The molecule has 2 aliphatic rings. The number of hydrogen-bond acceptors (Lipinski definition) is 4. The van der Waals surface area contributed by atoms with E-state index < -0.39 is 10.2 Å². The van der Waals surface area contributed by atoms with Gasteiger partial charge in [-0.25, -0.2) is 23.1 Å². The Kier molecular flexibility index (Phi) is 4.06. The standard InChI is InChI=1S/C17H13O.ClHO4/c1-11-13-7-4-5-9-16(13)18-17-14-8-3-2-6-12(14)10-15(11)17;2-1(3,4)5/h2-11H,1H3;(H,2,3,4,5)/q+1;/p-1. The van der Waals surface area contributed by atoms with E-state index in [-0.39, 0.29) is 0 Å². The van der Waals surface area contributed by atoms with Crippen LogP contribution in [0.15, 0.2) is 54.1 Å². The minimum Gasteiger partial charge on any atom is -0.222 e. The summed E-state index contributed by atoms with van der Waals surface area (Å²) in [7, 11) is -4.94. The highest BCUT2D eigenvalue weighted by Gasteiger charge is 2.40. The highest BCUT2D eigenvalue weighted by atomic mass is 35.7. The molecule has 23 heavy (non-hydrogen) atoms. The molecule has 2 aromatic rings. The van der Waals surface area contributed by atoms with Gasteiger partial charge in [0.05, 0.1) is 16.7 Å². The average molecular weight is 333 g/mol. The SMILES string of the molecule is CC1C2=Cc3ccccc3C2=[O+]c2ccccc21.[O-][Cl+3]([O-])([O-])[O-]. The summed E-state index contributed by atoms with van der Waals surface area (Å²) in [6.45, 7) is 2.25. The summed E-state index contributed by atoms with van der Waals surface area (Å²) in [6.07, 6.45) is 2.26. The third-order valence-electron chi connectivity index (χ3n) is 3.84. The van der Waals surface area contributed by atoms with Crippen LogP contribution in [0.25, 0.3) is 6.08 Å². The molecule has 1 atom stereocenters. The second-order valence-electron chi connectivity index (χ2n) is 5.26. The van der Waals surface area contributed by atoms with Crippen molar-refractivity contribution in [3.05, 3.63) is 70.8 Å². The van der Waals surface area contributed by atoms with E-state index in [2.05, 4.69) is 55.5 Å². The molecule has 0 N–H and O–H groups in total. The fraction of sp³-hybridized carbons (Fsp3) is 0.118. The first-order chi connectivity index (χ1) is 10.8. The monoisotopic (exact) mass is 332 g/mol. The van der Waals surface area contributed by atoms with Gasteiger partial charge in [0.1, 0.15) is 0 Å². The highest BCUT2D eigenvalue weighted by molar-refractivity contribution is 6.19. The van der Waals surface area contributed by atoms with Crippen LogP contribution in [0.4, 0.5) is 0 Å². The normalized spacial score (nSPS) is 17.9. The molecule has 2 aromatic carbocycles. The fourth-order valence-corrected chi connectivity index (χ4v) is 2.86. The maximum absolute atomic E-state index is 8.49. The molecule has 5 nitrogen and oxygen atoms in total. The van der Waals surface area contributed by atoms with Crippen LogP contribution < -0.4 is 18.6 Å². The highest BCUT2D eigenvalue weighted by Crippen LogP contribution is 2.43. The first-order valence-electron chi connectivity index (χ1n) is 6.91. The van der Waals surface area contributed by atoms with E-state index in [1.165, 1.54) is 22.3 Å². The van der Waals surface area contributed by atoms with Crippen LogP contribution in [-0.2, 0) is 0 Å². The van der Waals surface area contributed by atoms with Crippen molar-refractivity contribution in [2.75, 3.05) is 0 Å². The number of allylic oxidation sites excluding steroid dienone is 1. The molecule has 118 valence electrons. The smallest absolute Gasteiger partial charge is 0.222 e. The Labute approximate surface area is 135 Å². The summed E-state index contributed by atoms with van der Waals surface area (Å²) in [5.41, 5.74) is 5.06. The molecule has 0 bridgehead atoms. The minimum atomic E-state index is -4.94. The molecule has 0 saturated heterocycles. The largest absolute Gasteiger partial charge is 0.365 e. The lowest BCUT2D eigenvalue weighted by atomic mass is 9.88. The predicted molar refractivity (Wildman–Crippen MR) is 73.1 cm³/mol. The molecule has 0 amide bonds. The van der Waals surface area contributed by atoms with Crippen molar-refractivity contribution in [1.82, 2.24) is 0 Å². The summed E-state index contributed by atoms with van der Waals surface area (Å²) < 4.78 is 40.1. The van der Waals surface area contributed by atoms with Gasteiger partial charge in [-0.3, -0.25) is 0 Å². The zero-order valence-electron chi connectivity index (χ0n) is 12.2. The van der Waals surface area contributed by atoms with Crippen molar-refractivity contribution < 1.29 is 33.3 Å². The fourth-order valence-electron chi connectivity index (χ4n) is 2.86. The van der Waals surface area contributed by atoms with Gasteiger partial charge in [-0.1, -0.05) is 37.3 Å². The maximum atomic E-state index is 8.49. The van der Waals surface area contributed by atoms with Crippen molar-refractivity contribution in [3.63, 3.8) is 0 Å². The lowest BCUT2D eigenvalue weighted by molar-refractivity contribution is -2.00. The van der Waals surface area contributed by atoms with E-state index in [1.807, 2.05) is 6.07 Å². The van der Waals surface area contributed by atoms with Gasteiger partial charge in [0.15, 0.2) is 0 Å². The Morgan fingerprint density at radius 2 is 1.52 bits per heavy atom. The summed E-state index contributed by atoms with van der Waals surface area (Å²) in [6, 6.07) is 16.7. The number of carbonyl (C=O) groups excluding carboxylic acids is 1. The molecule has 0 fully saturated rings. The van der Waals surface area contributed by atoms with E-state index in [0.29, 0.717) is 5.92 Å². The van der Waals surface area contributed by atoms with Gasteiger partial charge in [0, 0.05) is 12.0 Å². The summed E-state index contributed by atoms with van der Waals surface area (Å²) >= 11 is 0. The summed E-state index contributed by atoms with van der Waals surface area (Å²) in [4.78, 5) is 0. The average Bonchev–Trinajstić information content (AvgIpc) is 2.85. The third-order valence-corrected chi connectivity index (χ3v) is 3.84. The maximum Gasteiger partial charge on any atom is 0.365 e. The number of fused-ring (bicyclic) bond motifs is 4. The van der Waals surface area contributed by atoms with Gasteiger partial charge in [-0.15, -0.1) is 10.2 Å². The molecule has 0 radical (unpaired) electrons. The molecule has 4 rings (SSSR count). The van der Waals surface area contributed by atoms with Gasteiger partial charge in [0.2, 0.25) is 0 Å². The van der Waals surface area contributed by atoms with Gasteiger partial charge in [-0.2, -0.15) is 0 Å². The lowest BCUT2D eigenvalue weighted by Crippen LogP contribution is -2.68. The molecule has 6 heteroatoms. The third kappa shape index (κ3) is 3.34. The molecular weight excluding hydrogens is 320 g/mol. The van der Waals surface area contributed by atoms with Crippen molar-refractivity contribution >= 4 is 11.9 Å². The summed E-state index contributed by atoms with van der Waals surface area (Å²) in [5, 5.41) is 0. The van der Waals surface area contributed by atoms with Crippen molar-refractivity contribution in [2.24, 2.45) is 0 Å². The van der Waals surface area contributed by atoms with Crippen LogP contribution in [0.5, 0.6) is 5.75 Å². The Balaban J connectivity index is 0.000000276. The molecule has 1 aliphatic carbocycles. The zero-order valence-corrected chi connectivity index (χ0v) is 12.9. The molecule has 1 unspecified atom stereocenters. The van der Waals surface area contributed by atoms with Crippen LogP contribution >= 0.6 is 0 Å². The van der Waals surface area contributed by atoms with E-state index in [4.69, 9.17) is 23.1 Å². The minimum absolute atomic E-state index is 0.400. The first kappa shape index (κ1) is 15.9. The quantitative estimate of drug-likeness (QED) is 0.611. The van der Waals surface area contributed by atoms with Crippen LogP contribution in [0.1, 0.15) is 34.0 Å². The number of ketones is 1. The second-order valence-corrected chi connectivity index (χ2v) is 6.01. The summed E-state index contributed by atoms with van der Waals surface area (Å²) in [5.74, 6) is 2.43. The van der Waals surface area contributed by atoms with Crippen molar-refractivity contribution in [2.45, 2.75) is 12.8 Å². The van der Waals surface area contributed by atoms with Gasteiger partial charge < -0.3 is 0 Å². The molecule has 1 aliphatic heterocycles. The molecule has 0 saturated carbocycles. The van der Waals surface area contributed by atoms with Crippen LogP contribution in [0.2, 0.25) is 0 Å². The second kappa shape index (κ2) is 5.88. The van der Waals surface area contributed by atoms with Crippen molar-refractivity contribution in [3.8, 4) is 5.75 Å². The van der Waals surface area contributed by atoms with Crippen LogP contribution in [0, 0.1) is 10.2 Å². The van der Waals surface area contributed by atoms with Gasteiger partial charge >= 0.3 is 11.5 Å². The van der Waals surface area contributed by atoms with Gasteiger partial charge in [0.25, 0.3) is 0 Å². The van der Waals surface area contributed by atoms with E-state index in [1.54, 1.807) is 0 Å². The van der Waals surface area contributed by atoms with Crippen molar-refractivity contribution in [1.29, 1.82) is 0 Å². The van der Waals surface area contributed by atoms with E-state index in [0.717, 1.165) is 11.5 Å². The first-order valence-corrected chi connectivity index (χ1v) is 8.15. The lowest BCUT2D eigenvalue weighted by Gasteiger charge is -2.17. The number of para-hydroxylation sites is 1. The molecule has 0 aromatic heterocycles. The number of halogens is 1. The molecule has 0 spiro atoms. The number of rotatable bonds is 0. The Hall–Kier alpha value is -2.02. The number of hydrogen-bond donors (Lipinski definition) is 0. The van der Waals surface area contributed by atoms with Crippen LogP contribution in [-0.4, -0.2) is 5.78 Å². The molecular formula is C17H13ClO5. The van der Waals surface area contributed by atoms with E-state index >= 15 is 0 Å². The van der Waals surface area contributed by atoms with E-state index in [9.17, 15) is 0 Å². The Morgan fingerprint density at radius 3 is 2.26 bits per heavy atom. The topological polar surface area (TPSA) is 104 Å². The van der Waals surface area contributed by atoms with Gasteiger partial charge in [-0.05, 0) is 23.8 Å². The van der Waals surface area contributed by atoms with Crippen LogP contribution in [0.3, 0.4) is 0 Å².